The predicted molar refractivity (Wildman–Crippen MR) is 104 cm³/mol. The lowest BCUT2D eigenvalue weighted by molar-refractivity contribution is -0.124. The summed E-state index contributed by atoms with van der Waals surface area (Å²) in [7, 11) is 0. The van der Waals surface area contributed by atoms with E-state index in [-0.39, 0.29) is 24.5 Å². The van der Waals surface area contributed by atoms with Crippen LogP contribution in [0.1, 0.15) is 43.6 Å². The molecule has 1 heterocycles. The second kappa shape index (κ2) is 9.82. The van der Waals surface area contributed by atoms with Crippen LogP contribution in [0.2, 0.25) is 0 Å². The number of carbonyl (C=O) groups is 2. The highest BCUT2D eigenvalue weighted by molar-refractivity contribution is 5.97. The number of pyridine rings is 1. The average molecular weight is 387 g/mol. The molecule has 150 valence electrons. The molecule has 2 rings (SSSR count). The van der Waals surface area contributed by atoms with Gasteiger partial charge in [0.25, 0.3) is 5.91 Å². The van der Waals surface area contributed by atoms with E-state index in [1.807, 2.05) is 33.8 Å². The molecule has 0 aliphatic heterocycles. The Balaban J connectivity index is 2.03. The maximum absolute atomic E-state index is 13.0. The fourth-order valence-corrected chi connectivity index (χ4v) is 2.54. The number of nitrogens with zero attached hydrogens (tertiary/aromatic N) is 1. The van der Waals surface area contributed by atoms with Gasteiger partial charge in [0.2, 0.25) is 11.8 Å². The molecule has 0 aliphatic rings. The lowest BCUT2D eigenvalue weighted by atomic mass is 10.0. The van der Waals surface area contributed by atoms with Crippen LogP contribution >= 0.6 is 0 Å². The standard InChI is InChI=1S/C21H26FN3O3/c1-13(2)18(25-19(26)15-7-9-17(22)10-8-15)20(27)24-12-16-6-5-11-23-21(16)28-14(3)4/h5-11,13-14,18H,12H2,1-4H3,(H,24,27)(H,25,26). The molecule has 0 bridgehead atoms. The maximum atomic E-state index is 13.0. The lowest BCUT2D eigenvalue weighted by Crippen LogP contribution is -2.49. The molecule has 0 spiro atoms. The van der Waals surface area contributed by atoms with E-state index in [4.69, 9.17) is 4.74 Å². The molecule has 1 aromatic heterocycles. The SMILES string of the molecule is CC(C)Oc1ncccc1CNC(=O)C(NC(=O)c1ccc(F)cc1)C(C)C. The van der Waals surface area contributed by atoms with Crippen molar-refractivity contribution in [3.63, 3.8) is 0 Å². The first-order valence-corrected chi connectivity index (χ1v) is 9.22. The molecule has 1 aromatic carbocycles. The third-order valence-electron chi connectivity index (χ3n) is 3.99. The van der Waals surface area contributed by atoms with Crippen molar-refractivity contribution in [3.8, 4) is 5.88 Å². The number of amides is 2. The first-order valence-electron chi connectivity index (χ1n) is 9.22. The van der Waals surface area contributed by atoms with Crippen LogP contribution in [0.25, 0.3) is 0 Å². The summed E-state index contributed by atoms with van der Waals surface area (Å²) in [5.74, 6) is -0.839. The van der Waals surface area contributed by atoms with Gasteiger partial charge in [-0.2, -0.15) is 0 Å². The summed E-state index contributed by atoms with van der Waals surface area (Å²) in [6.07, 6.45) is 1.59. The van der Waals surface area contributed by atoms with Gasteiger partial charge in [-0.1, -0.05) is 19.9 Å². The van der Waals surface area contributed by atoms with E-state index in [1.165, 1.54) is 24.3 Å². The van der Waals surface area contributed by atoms with Gasteiger partial charge >= 0.3 is 0 Å². The summed E-state index contributed by atoms with van der Waals surface area (Å²) in [6, 6.07) is 8.03. The normalized spacial score (nSPS) is 12.0. The minimum absolute atomic E-state index is 0.0391. The molecule has 0 aliphatic carbocycles. The Bertz CT molecular complexity index is 807. The van der Waals surface area contributed by atoms with Crippen molar-refractivity contribution < 1.29 is 18.7 Å². The third-order valence-corrected chi connectivity index (χ3v) is 3.99. The van der Waals surface area contributed by atoms with E-state index in [9.17, 15) is 14.0 Å². The smallest absolute Gasteiger partial charge is 0.251 e. The van der Waals surface area contributed by atoms with E-state index in [2.05, 4.69) is 15.6 Å². The summed E-state index contributed by atoms with van der Waals surface area (Å²) in [5.41, 5.74) is 1.04. The van der Waals surface area contributed by atoms with Crippen LogP contribution in [0.3, 0.4) is 0 Å². The molecular formula is C21H26FN3O3. The molecule has 0 radical (unpaired) electrons. The van der Waals surface area contributed by atoms with Gasteiger partial charge in [0.15, 0.2) is 0 Å². The number of hydrogen-bond donors (Lipinski definition) is 2. The van der Waals surface area contributed by atoms with Crippen LogP contribution in [0, 0.1) is 11.7 Å². The molecule has 7 heteroatoms. The van der Waals surface area contributed by atoms with E-state index >= 15 is 0 Å². The molecule has 0 fully saturated rings. The highest BCUT2D eigenvalue weighted by atomic mass is 19.1. The topological polar surface area (TPSA) is 80.3 Å². The van der Waals surface area contributed by atoms with Crippen LogP contribution in [-0.4, -0.2) is 28.9 Å². The minimum Gasteiger partial charge on any atom is -0.475 e. The molecule has 1 unspecified atom stereocenters. The van der Waals surface area contributed by atoms with Crippen molar-refractivity contribution in [2.75, 3.05) is 0 Å². The minimum atomic E-state index is -0.733. The molecule has 0 saturated carbocycles. The fourth-order valence-electron chi connectivity index (χ4n) is 2.54. The van der Waals surface area contributed by atoms with Gasteiger partial charge < -0.3 is 15.4 Å². The molecule has 2 N–H and O–H groups in total. The summed E-state index contributed by atoms with van der Waals surface area (Å²) in [6.45, 7) is 7.71. The van der Waals surface area contributed by atoms with Gasteiger partial charge in [-0.25, -0.2) is 9.37 Å². The Kier molecular flexibility index (Phi) is 7.49. The first kappa shape index (κ1) is 21.3. The number of aromatic nitrogens is 1. The van der Waals surface area contributed by atoms with Crippen LogP contribution < -0.4 is 15.4 Å². The number of hydrogen-bond acceptors (Lipinski definition) is 4. The first-order chi connectivity index (χ1) is 13.3. The van der Waals surface area contributed by atoms with Crippen molar-refractivity contribution >= 4 is 11.8 Å². The van der Waals surface area contributed by atoms with Crippen LogP contribution in [0.15, 0.2) is 42.6 Å². The molecule has 1 atom stereocenters. The van der Waals surface area contributed by atoms with E-state index in [0.29, 0.717) is 11.4 Å². The zero-order valence-electron chi connectivity index (χ0n) is 16.5. The number of benzene rings is 1. The molecule has 2 amide bonds. The Labute approximate surface area is 164 Å². The van der Waals surface area contributed by atoms with Gasteiger partial charge in [-0.3, -0.25) is 9.59 Å². The van der Waals surface area contributed by atoms with Gasteiger partial charge in [-0.15, -0.1) is 0 Å². The molecule has 28 heavy (non-hydrogen) atoms. The summed E-state index contributed by atoms with van der Waals surface area (Å²) in [5, 5.41) is 5.54. The van der Waals surface area contributed by atoms with E-state index in [0.717, 1.165) is 5.56 Å². The van der Waals surface area contributed by atoms with E-state index < -0.39 is 17.8 Å². The molecule has 6 nitrogen and oxygen atoms in total. The van der Waals surface area contributed by atoms with Crippen molar-refractivity contribution in [3.05, 3.63) is 59.5 Å². The highest BCUT2D eigenvalue weighted by Gasteiger charge is 2.25. The Morgan fingerprint density at radius 1 is 1.11 bits per heavy atom. The van der Waals surface area contributed by atoms with Crippen molar-refractivity contribution in [2.45, 2.75) is 46.4 Å². The third kappa shape index (κ3) is 6.04. The second-order valence-corrected chi connectivity index (χ2v) is 7.05. The summed E-state index contributed by atoms with van der Waals surface area (Å²) < 4.78 is 18.7. The zero-order valence-corrected chi connectivity index (χ0v) is 16.5. The monoisotopic (exact) mass is 387 g/mol. The number of ether oxygens (including phenoxy) is 1. The lowest BCUT2D eigenvalue weighted by Gasteiger charge is -2.22. The fraction of sp³-hybridized carbons (Fsp3) is 0.381. The molecule has 0 saturated heterocycles. The van der Waals surface area contributed by atoms with Gasteiger partial charge in [-0.05, 0) is 50.1 Å². The predicted octanol–water partition coefficient (Wildman–Crippen LogP) is 3.08. The highest BCUT2D eigenvalue weighted by Crippen LogP contribution is 2.16. The van der Waals surface area contributed by atoms with Crippen LogP contribution in [0.5, 0.6) is 5.88 Å². The maximum Gasteiger partial charge on any atom is 0.251 e. The zero-order chi connectivity index (χ0) is 20.7. The van der Waals surface area contributed by atoms with Crippen molar-refractivity contribution in [1.82, 2.24) is 15.6 Å². The van der Waals surface area contributed by atoms with Gasteiger partial charge in [0.05, 0.1) is 6.10 Å². The molecular weight excluding hydrogens is 361 g/mol. The Morgan fingerprint density at radius 3 is 2.39 bits per heavy atom. The second-order valence-electron chi connectivity index (χ2n) is 7.05. The van der Waals surface area contributed by atoms with Crippen molar-refractivity contribution in [1.29, 1.82) is 0 Å². The van der Waals surface area contributed by atoms with Crippen LogP contribution in [-0.2, 0) is 11.3 Å². The van der Waals surface area contributed by atoms with E-state index in [1.54, 1.807) is 12.3 Å². The summed E-state index contributed by atoms with van der Waals surface area (Å²) in [4.78, 5) is 29.2. The largest absolute Gasteiger partial charge is 0.475 e. The summed E-state index contributed by atoms with van der Waals surface area (Å²) >= 11 is 0. The average Bonchev–Trinajstić information content (AvgIpc) is 2.64. The van der Waals surface area contributed by atoms with Crippen molar-refractivity contribution in [2.24, 2.45) is 5.92 Å². The van der Waals surface area contributed by atoms with Gasteiger partial charge in [0, 0.05) is 23.9 Å². The quantitative estimate of drug-likeness (QED) is 0.729. The Hall–Kier alpha value is -2.96. The van der Waals surface area contributed by atoms with Gasteiger partial charge in [0.1, 0.15) is 11.9 Å². The number of rotatable bonds is 8. The number of carbonyl (C=O) groups excluding carboxylic acids is 2. The number of nitrogens with one attached hydrogen (secondary N) is 2. The molecule has 2 aromatic rings. The van der Waals surface area contributed by atoms with Crippen LogP contribution in [0.4, 0.5) is 4.39 Å². The Morgan fingerprint density at radius 2 is 1.79 bits per heavy atom. The number of halogens is 1.